The molecule has 1 unspecified atom stereocenters. The summed E-state index contributed by atoms with van der Waals surface area (Å²) in [4.78, 5) is 24.4. The number of fused-ring (bicyclic) bond motifs is 1. The van der Waals surface area contributed by atoms with Crippen LogP contribution in [0.15, 0.2) is 69.9 Å². The second-order valence-electron chi connectivity index (χ2n) is 7.55. The van der Waals surface area contributed by atoms with E-state index in [0.717, 1.165) is 17.7 Å². The predicted octanol–water partition coefficient (Wildman–Crippen LogP) is 6.94. The van der Waals surface area contributed by atoms with E-state index < -0.39 is 23.6 Å². The normalized spacial score (nSPS) is 11.5. The van der Waals surface area contributed by atoms with E-state index in [-0.39, 0.29) is 27.9 Å². The summed E-state index contributed by atoms with van der Waals surface area (Å²) >= 11 is 0. The van der Waals surface area contributed by atoms with Crippen LogP contribution in [-0.2, 0) is 0 Å². The van der Waals surface area contributed by atoms with Crippen LogP contribution in [0.25, 0.3) is 22.3 Å². The lowest BCUT2D eigenvalue weighted by Gasteiger charge is -2.19. The van der Waals surface area contributed by atoms with Gasteiger partial charge in [0.05, 0.1) is 22.6 Å². The van der Waals surface area contributed by atoms with Crippen LogP contribution in [0.1, 0.15) is 48.3 Å². The molecule has 3 aromatic carbocycles. The van der Waals surface area contributed by atoms with Crippen molar-refractivity contribution in [2.45, 2.75) is 33.7 Å². The number of anilines is 1. The molecule has 176 valence electrons. The summed E-state index contributed by atoms with van der Waals surface area (Å²) < 4.78 is 33.6. The monoisotopic (exact) mass is 465 g/mol. The van der Waals surface area contributed by atoms with E-state index >= 15 is 0 Å². The van der Waals surface area contributed by atoms with Gasteiger partial charge in [-0.25, -0.2) is 13.6 Å². The number of hydrogen-bond donors (Lipinski definition) is 2. The number of carbonyl (C=O) groups is 1. The Morgan fingerprint density at radius 2 is 1.74 bits per heavy atom. The smallest absolute Gasteiger partial charge is 0.337 e. The highest BCUT2D eigenvalue weighted by atomic mass is 19.1. The van der Waals surface area contributed by atoms with Gasteiger partial charge in [-0.15, -0.1) is 0 Å². The van der Waals surface area contributed by atoms with Crippen molar-refractivity contribution in [1.82, 2.24) is 0 Å². The van der Waals surface area contributed by atoms with Crippen molar-refractivity contribution in [3.8, 4) is 11.3 Å². The molecule has 1 heterocycles. The van der Waals surface area contributed by atoms with Gasteiger partial charge in [0, 0.05) is 23.4 Å². The Kier molecular flexibility index (Phi) is 7.46. The fourth-order valence-corrected chi connectivity index (χ4v) is 3.68. The molecule has 0 radical (unpaired) electrons. The number of benzene rings is 3. The van der Waals surface area contributed by atoms with Gasteiger partial charge in [0.2, 0.25) is 0 Å². The number of aromatic carboxylic acids is 1. The van der Waals surface area contributed by atoms with Crippen LogP contribution in [0.2, 0.25) is 0 Å². The molecule has 0 saturated heterocycles. The Morgan fingerprint density at radius 3 is 2.41 bits per heavy atom. The largest absolute Gasteiger partial charge is 0.478 e. The molecular formula is C27H25F2NO4. The summed E-state index contributed by atoms with van der Waals surface area (Å²) in [6.07, 6.45) is 0. The molecular weight excluding hydrogens is 440 g/mol. The quantitative estimate of drug-likeness (QED) is 0.334. The van der Waals surface area contributed by atoms with E-state index in [2.05, 4.69) is 5.32 Å². The van der Waals surface area contributed by atoms with Gasteiger partial charge >= 0.3 is 5.97 Å². The molecule has 1 atom stereocenters. The van der Waals surface area contributed by atoms with Crippen LogP contribution in [-0.4, -0.2) is 11.1 Å². The predicted molar refractivity (Wildman–Crippen MR) is 129 cm³/mol. The van der Waals surface area contributed by atoms with Gasteiger partial charge in [0.25, 0.3) is 0 Å². The highest BCUT2D eigenvalue weighted by molar-refractivity contribution is 5.94. The number of para-hydroxylation sites is 1. The van der Waals surface area contributed by atoms with Crippen molar-refractivity contribution >= 4 is 22.6 Å². The van der Waals surface area contributed by atoms with Crippen molar-refractivity contribution in [3.63, 3.8) is 0 Å². The van der Waals surface area contributed by atoms with Gasteiger partial charge in [-0.2, -0.15) is 0 Å². The lowest BCUT2D eigenvalue weighted by molar-refractivity contribution is 0.0698. The van der Waals surface area contributed by atoms with E-state index in [0.29, 0.717) is 16.6 Å². The molecule has 0 aliphatic carbocycles. The van der Waals surface area contributed by atoms with Gasteiger partial charge < -0.3 is 14.8 Å². The SMILES string of the molecule is CC.Cc1cc(C(C)Nc2ccccc2C(=O)O)c2oc(-c3ccc(F)cc3F)cc(=O)c2c1. The number of hydrogen-bond acceptors (Lipinski definition) is 4. The molecule has 4 rings (SSSR count). The van der Waals surface area contributed by atoms with E-state index in [4.69, 9.17) is 4.42 Å². The van der Waals surface area contributed by atoms with Gasteiger partial charge in [0.1, 0.15) is 23.0 Å². The van der Waals surface area contributed by atoms with Crippen LogP contribution in [0, 0.1) is 18.6 Å². The molecule has 0 spiro atoms. The summed E-state index contributed by atoms with van der Waals surface area (Å²) in [5, 5.41) is 12.9. The maximum Gasteiger partial charge on any atom is 0.337 e. The first-order valence-corrected chi connectivity index (χ1v) is 10.9. The second kappa shape index (κ2) is 10.3. The molecule has 2 N–H and O–H groups in total. The first kappa shape index (κ1) is 24.6. The average molecular weight is 465 g/mol. The Hall–Kier alpha value is -4.00. The fourth-order valence-electron chi connectivity index (χ4n) is 3.68. The van der Waals surface area contributed by atoms with Crippen LogP contribution in [0.4, 0.5) is 14.5 Å². The van der Waals surface area contributed by atoms with Crippen molar-refractivity contribution in [2.75, 3.05) is 5.32 Å². The van der Waals surface area contributed by atoms with E-state index in [1.165, 1.54) is 18.2 Å². The molecule has 0 bridgehead atoms. The topological polar surface area (TPSA) is 79.5 Å². The highest BCUT2D eigenvalue weighted by Crippen LogP contribution is 2.32. The first-order chi connectivity index (χ1) is 16.2. The lowest BCUT2D eigenvalue weighted by atomic mass is 10.00. The number of nitrogens with one attached hydrogen (secondary N) is 1. The van der Waals surface area contributed by atoms with Gasteiger partial charge in [-0.05, 0) is 49.7 Å². The number of carboxylic acids is 1. The summed E-state index contributed by atoms with van der Waals surface area (Å²) in [7, 11) is 0. The summed E-state index contributed by atoms with van der Waals surface area (Å²) in [6, 6.07) is 13.7. The van der Waals surface area contributed by atoms with E-state index in [1.807, 2.05) is 26.8 Å². The zero-order valence-electron chi connectivity index (χ0n) is 19.3. The van der Waals surface area contributed by atoms with E-state index in [9.17, 15) is 23.5 Å². The minimum atomic E-state index is -1.07. The average Bonchev–Trinajstić information content (AvgIpc) is 2.80. The molecule has 1 aromatic heterocycles. The van der Waals surface area contributed by atoms with Crippen LogP contribution < -0.4 is 10.7 Å². The third-order valence-corrected chi connectivity index (χ3v) is 5.19. The van der Waals surface area contributed by atoms with Gasteiger partial charge in [0.15, 0.2) is 5.43 Å². The minimum Gasteiger partial charge on any atom is -0.478 e. The van der Waals surface area contributed by atoms with Gasteiger partial charge in [-0.3, -0.25) is 4.79 Å². The Morgan fingerprint density at radius 1 is 1.03 bits per heavy atom. The Balaban J connectivity index is 0.00000158. The number of aryl methyl sites for hydroxylation is 1. The van der Waals surface area contributed by atoms with Crippen molar-refractivity contribution < 1.29 is 23.1 Å². The van der Waals surface area contributed by atoms with Crippen molar-refractivity contribution in [1.29, 1.82) is 0 Å². The molecule has 34 heavy (non-hydrogen) atoms. The van der Waals surface area contributed by atoms with E-state index in [1.54, 1.807) is 31.2 Å². The zero-order chi connectivity index (χ0) is 25.0. The maximum absolute atomic E-state index is 14.3. The summed E-state index contributed by atoms with van der Waals surface area (Å²) in [5.41, 5.74) is 1.76. The lowest BCUT2D eigenvalue weighted by Crippen LogP contribution is -2.12. The molecule has 7 heteroatoms. The molecule has 4 aromatic rings. The van der Waals surface area contributed by atoms with Crippen LogP contribution >= 0.6 is 0 Å². The minimum absolute atomic E-state index is 0.0248. The van der Waals surface area contributed by atoms with Gasteiger partial charge in [-0.1, -0.05) is 32.0 Å². The first-order valence-electron chi connectivity index (χ1n) is 10.9. The molecule has 0 amide bonds. The number of halogens is 2. The number of rotatable bonds is 5. The fraction of sp³-hybridized carbons (Fsp3) is 0.185. The summed E-state index contributed by atoms with van der Waals surface area (Å²) in [6.45, 7) is 7.63. The van der Waals surface area contributed by atoms with Crippen LogP contribution in [0.5, 0.6) is 0 Å². The number of carboxylic acid groups (broad SMARTS) is 1. The maximum atomic E-state index is 14.3. The van der Waals surface area contributed by atoms with Crippen molar-refractivity contribution in [3.05, 3.63) is 99.2 Å². The Labute approximate surface area is 195 Å². The molecule has 0 aliphatic rings. The Bertz CT molecular complexity index is 1410. The molecule has 0 fully saturated rings. The molecule has 0 aliphatic heterocycles. The molecule has 5 nitrogen and oxygen atoms in total. The standard InChI is InChI=1S/C25H19F2NO4.C2H6/c1-13-9-18(14(2)28-21-6-4-3-5-17(21)25(30)31)24-19(10-13)22(29)12-23(32-24)16-8-7-15(26)11-20(16)27;1-2/h3-12,14,28H,1-2H3,(H,30,31);1-2H3. The van der Waals surface area contributed by atoms with Crippen molar-refractivity contribution in [2.24, 2.45) is 0 Å². The highest BCUT2D eigenvalue weighted by Gasteiger charge is 2.19. The third kappa shape index (κ3) is 4.98. The zero-order valence-corrected chi connectivity index (χ0v) is 19.3. The molecule has 0 saturated carbocycles. The summed E-state index contributed by atoms with van der Waals surface area (Å²) in [5.74, 6) is -2.68. The van der Waals surface area contributed by atoms with Crippen LogP contribution in [0.3, 0.4) is 0 Å². The third-order valence-electron chi connectivity index (χ3n) is 5.19. The second-order valence-corrected chi connectivity index (χ2v) is 7.55.